The molecule has 0 aliphatic carbocycles. The molecule has 0 amide bonds. The van der Waals surface area contributed by atoms with E-state index in [0.717, 1.165) is 64.2 Å². The molecule has 0 aromatic heterocycles. The van der Waals surface area contributed by atoms with Crippen molar-refractivity contribution in [2.75, 3.05) is 0 Å². The number of esters is 1. The van der Waals surface area contributed by atoms with Crippen molar-refractivity contribution in [2.24, 2.45) is 0 Å². The van der Waals surface area contributed by atoms with Crippen molar-refractivity contribution in [3.8, 4) is 0 Å². The lowest BCUT2D eigenvalue weighted by Crippen LogP contribution is -2.18. The van der Waals surface area contributed by atoms with Crippen LogP contribution < -0.4 is 0 Å². The summed E-state index contributed by atoms with van der Waals surface area (Å²) in [5.74, 6) is -0.688. The standard InChI is InChI=1S/C42H82O4/c1-3-5-7-9-11-13-14-15-16-17-18-19-20-21-22-24-26-31-35-39-42(45)46-40(37-33-29-27-30-34-38-41(43)44)36-32-28-25-23-12-10-8-6-4-2/h40H,3-39H2,1-2H3,(H,43,44). The van der Waals surface area contributed by atoms with Crippen LogP contribution in [0.2, 0.25) is 0 Å². The Balaban J connectivity index is 3.84. The molecule has 0 saturated carbocycles. The highest BCUT2D eigenvalue weighted by Gasteiger charge is 2.14. The minimum Gasteiger partial charge on any atom is -0.481 e. The highest BCUT2D eigenvalue weighted by atomic mass is 16.5. The van der Waals surface area contributed by atoms with Crippen LogP contribution in [0.3, 0.4) is 0 Å². The number of carbonyl (C=O) groups excluding carboxylic acids is 1. The lowest BCUT2D eigenvalue weighted by atomic mass is 10.0. The van der Waals surface area contributed by atoms with Crippen LogP contribution in [-0.4, -0.2) is 23.1 Å². The first-order valence-electron chi connectivity index (χ1n) is 21.0. The zero-order valence-corrected chi connectivity index (χ0v) is 31.4. The number of ether oxygens (including phenoxy) is 1. The summed E-state index contributed by atoms with van der Waals surface area (Å²) in [5, 5.41) is 8.81. The monoisotopic (exact) mass is 651 g/mol. The zero-order chi connectivity index (χ0) is 33.6. The topological polar surface area (TPSA) is 63.6 Å². The molecule has 4 heteroatoms. The van der Waals surface area contributed by atoms with Gasteiger partial charge in [0.2, 0.25) is 0 Å². The SMILES string of the molecule is CCCCCCCCCCCCCCCCCCCCCC(=O)OC(CCCCCCCCCCC)CCCCCCCC(=O)O. The lowest BCUT2D eigenvalue weighted by molar-refractivity contribution is -0.150. The van der Waals surface area contributed by atoms with Crippen LogP contribution in [0.1, 0.15) is 251 Å². The van der Waals surface area contributed by atoms with E-state index in [4.69, 9.17) is 9.84 Å². The molecule has 0 fully saturated rings. The highest BCUT2D eigenvalue weighted by molar-refractivity contribution is 5.69. The summed E-state index contributed by atoms with van der Waals surface area (Å²) in [6, 6.07) is 0. The molecular formula is C42H82O4. The number of carbonyl (C=O) groups is 2. The fourth-order valence-electron chi connectivity index (χ4n) is 6.72. The molecule has 1 N–H and O–H groups in total. The highest BCUT2D eigenvalue weighted by Crippen LogP contribution is 2.19. The molecule has 1 atom stereocenters. The van der Waals surface area contributed by atoms with Crippen molar-refractivity contribution in [3.05, 3.63) is 0 Å². The second kappa shape index (κ2) is 38.4. The van der Waals surface area contributed by atoms with E-state index in [1.165, 1.54) is 161 Å². The zero-order valence-electron chi connectivity index (χ0n) is 31.4. The van der Waals surface area contributed by atoms with Crippen LogP contribution in [0.4, 0.5) is 0 Å². The van der Waals surface area contributed by atoms with E-state index in [-0.39, 0.29) is 18.5 Å². The minimum absolute atomic E-state index is 0.00866. The Labute approximate surface area is 288 Å². The van der Waals surface area contributed by atoms with Gasteiger partial charge in [0.05, 0.1) is 0 Å². The summed E-state index contributed by atoms with van der Waals surface area (Å²) in [6.45, 7) is 4.56. The average Bonchev–Trinajstić information content (AvgIpc) is 3.04. The summed E-state index contributed by atoms with van der Waals surface area (Å²) >= 11 is 0. The van der Waals surface area contributed by atoms with Crippen molar-refractivity contribution in [3.63, 3.8) is 0 Å². The van der Waals surface area contributed by atoms with E-state index in [1.54, 1.807) is 0 Å². The number of hydrogen-bond acceptors (Lipinski definition) is 3. The molecule has 0 rings (SSSR count). The predicted octanol–water partition coefficient (Wildman–Crippen LogP) is 14.5. The van der Waals surface area contributed by atoms with Crippen LogP contribution in [0.5, 0.6) is 0 Å². The van der Waals surface area contributed by atoms with Crippen LogP contribution in [0.25, 0.3) is 0 Å². The number of hydrogen-bond donors (Lipinski definition) is 1. The molecular weight excluding hydrogens is 568 g/mol. The number of rotatable bonds is 39. The van der Waals surface area contributed by atoms with Crippen molar-refractivity contribution in [1.82, 2.24) is 0 Å². The summed E-state index contributed by atoms with van der Waals surface area (Å²) in [4.78, 5) is 23.4. The lowest BCUT2D eigenvalue weighted by Gasteiger charge is -2.18. The molecule has 0 saturated heterocycles. The van der Waals surface area contributed by atoms with E-state index in [1.807, 2.05) is 0 Å². The quantitative estimate of drug-likeness (QED) is 0.0531. The normalized spacial score (nSPS) is 12.0. The van der Waals surface area contributed by atoms with Gasteiger partial charge >= 0.3 is 11.9 Å². The summed E-state index contributed by atoms with van der Waals surface area (Å²) in [7, 11) is 0. The summed E-state index contributed by atoms with van der Waals surface area (Å²) < 4.78 is 6.00. The van der Waals surface area contributed by atoms with Gasteiger partial charge in [-0.05, 0) is 38.5 Å². The molecule has 0 bridgehead atoms. The third kappa shape index (κ3) is 37.4. The summed E-state index contributed by atoms with van der Waals surface area (Å²) in [6.07, 6.45) is 45.6. The van der Waals surface area contributed by atoms with Crippen LogP contribution in [-0.2, 0) is 14.3 Å². The van der Waals surface area contributed by atoms with E-state index in [9.17, 15) is 9.59 Å². The number of carboxylic acid groups (broad SMARTS) is 1. The van der Waals surface area contributed by atoms with Gasteiger partial charge in [0.1, 0.15) is 6.10 Å². The van der Waals surface area contributed by atoms with Crippen LogP contribution in [0, 0.1) is 0 Å². The first-order valence-corrected chi connectivity index (χ1v) is 21.0. The van der Waals surface area contributed by atoms with Gasteiger partial charge in [-0.3, -0.25) is 9.59 Å². The van der Waals surface area contributed by atoms with E-state index >= 15 is 0 Å². The fourth-order valence-corrected chi connectivity index (χ4v) is 6.72. The maximum atomic E-state index is 12.7. The molecule has 0 aromatic rings. The Hall–Kier alpha value is -1.06. The van der Waals surface area contributed by atoms with Gasteiger partial charge in [0.15, 0.2) is 0 Å². The van der Waals surface area contributed by atoms with Gasteiger partial charge in [0, 0.05) is 12.8 Å². The van der Waals surface area contributed by atoms with Crippen molar-refractivity contribution >= 4 is 11.9 Å². The molecule has 0 aliphatic rings. The molecule has 4 nitrogen and oxygen atoms in total. The molecule has 0 heterocycles. The molecule has 46 heavy (non-hydrogen) atoms. The van der Waals surface area contributed by atoms with E-state index in [0.29, 0.717) is 6.42 Å². The second-order valence-corrected chi connectivity index (χ2v) is 14.5. The van der Waals surface area contributed by atoms with Crippen molar-refractivity contribution < 1.29 is 19.4 Å². The second-order valence-electron chi connectivity index (χ2n) is 14.5. The Morgan fingerprint density at radius 2 is 0.652 bits per heavy atom. The minimum atomic E-state index is -0.696. The van der Waals surface area contributed by atoms with Gasteiger partial charge in [-0.15, -0.1) is 0 Å². The third-order valence-corrected chi connectivity index (χ3v) is 9.83. The van der Waals surface area contributed by atoms with E-state index in [2.05, 4.69) is 13.8 Å². The molecule has 0 aromatic carbocycles. The van der Waals surface area contributed by atoms with Crippen molar-refractivity contribution in [2.45, 2.75) is 258 Å². The number of aliphatic carboxylic acids is 1. The van der Waals surface area contributed by atoms with Gasteiger partial charge in [0.25, 0.3) is 0 Å². The summed E-state index contributed by atoms with van der Waals surface area (Å²) in [5.41, 5.74) is 0. The van der Waals surface area contributed by atoms with Crippen LogP contribution >= 0.6 is 0 Å². The van der Waals surface area contributed by atoms with Gasteiger partial charge in [-0.2, -0.15) is 0 Å². The third-order valence-electron chi connectivity index (χ3n) is 9.83. The number of unbranched alkanes of at least 4 members (excludes halogenated alkanes) is 30. The van der Waals surface area contributed by atoms with Gasteiger partial charge < -0.3 is 9.84 Å². The maximum absolute atomic E-state index is 12.7. The van der Waals surface area contributed by atoms with Crippen LogP contribution in [0.15, 0.2) is 0 Å². The largest absolute Gasteiger partial charge is 0.481 e. The molecule has 0 spiro atoms. The predicted molar refractivity (Wildman–Crippen MR) is 200 cm³/mol. The average molecular weight is 651 g/mol. The number of carboxylic acids is 1. The fraction of sp³-hybridized carbons (Fsp3) is 0.952. The van der Waals surface area contributed by atoms with Gasteiger partial charge in [-0.1, -0.05) is 200 Å². The molecule has 1 unspecified atom stereocenters. The first-order chi connectivity index (χ1) is 22.6. The molecule has 0 radical (unpaired) electrons. The Kier molecular flexibility index (Phi) is 37.5. The Bertz CT molecular complexity index is 619. The smallest absolute Gasteiger partial charge is 0.306 e. The first kappa shape index (κ1) is 44.9. The molecule has 274 valence electrons. The Morgan fingerprint density at radius 1 is 0.391 bits per heavy atom. The van der Waals surface area contributed by atoms with Gasteiger partial charge in [-0.25, -0.2) is 0 Å². The Morgan fingerprint density at radius 3 is 0.957 bits per heavy atom. The maximum Gasteiger partial charge on any atom is 0.306 e. The van der Waals surface area contributed by atoms with E-state index < -0.39 is 5.97 Å². The van der Waals surface area contributed by atoms with Crippen molar-refractivity contribution in [1.29, 1.82) is 0 Å². The molecule has 0 aliphatic heterocycles.